The van der Waals surface area contributed by atoms with Gasteiger partial charge in [0.15, 0.2) is 11.5 Å². The minimum atomic E-state index is -0.119. The van der Waals surface area contributed by atoms with Crippen molar-refractivity contribution < 1.29 is 14.3 Å². The molecule has 0 aromatic heterocycles. The number of amides is 2. The van der Waals surface area contributed by atoms with Crippen LogP contribution in [-0.4, -0.2) is 26.8 Å². The van der Waals surface area contributed by atoms with Crippen LogP contribution in [0.1, 0.15) is 30.0 Å². The summed E-state index contributed by atoms with van der Waals surface area (Å²) in [5, 5.41) is 6.09. The summed E-state index contributed by atoms with van der Waals surface area (Å²) in [5.41, 5.74) is 2.26. The summed E-state index contributed by atoms with van der Waals surface area (Å²) < 4.78 is 10.6. The maximum Gasteiger partial charge on any atom is 0.315 e. The predicted molar refractivity (Wildman–Crippen MR) is 102 cm³/mol. The van der Waals surface area contributed by atoms with Crippen molar-refractivity contribution in [3.63, 3.8) is 0 Å². The van der Waals surface area contributed by atoms with E-state index in [4.69, 9.17) is 9.47 Å². The Morgan fingerprint density at radius 3 is 2.46 bits per heavy atom. The molecule has 26 heavy (non-hydrogen) atoms. The highest BCUT2D eigenvalue weighted by atomic mass is 16.5. The topological polar surface area (TPSA) is 59.6 Å². The highest BCUT2D eigenvalue weighted by Crippen LogP contribution is 2.40. The number of benzene rings is 2. The lowest BCUT2D eigenvalue weighted by molar-refractivity contribution is 0.235. The molecule has 1 fully saturated rings. The number of rotatable bonds is 8. The van der Waals surface area contributed by atoms with Crippen molar-refractivity contribution in [1.82, 2.24) is 10.6 Å². The Balaban J connectivity index is 1.51. The fraction of sp³-hybridized carbons (Fsp3) is 0.381. The summed E-state index contributed by atoms with van der Waals surface area (Å²) in [4.78, 5) is 12.3. The fourth-order valence-electron chi connectivity index (χ4n) is 3.11. The molecule has 1 unspecified atom stereocenters. The lowest BCUT2D eigenvalue weighted by atomic mass is 10.0. The van der Waals surface area contributed by atoms with Crippen LogP contribution in [0.5, 0.6) is 11.5 Å². The van der Waals surface area contributed by atoms with Gasteiger partial charge in [0.25, 0.3) is 0 Å². The summed E-state index contributed by atoms with van der Waals surface area (Å²) in [6.07, 6.45) is 3.07. The summed E-state index contributed by atoms with van der Waals surface area (Å²) >= 11 is 0. The zero-order valence-corrected chi connectivity index (χ0v) is 15.3. The van der Waals surface area contributed by atoms with Crippen LogP contribution in [0.25, 0.3) is 0 Å². The fourth-order valence-corrected chi connectivity index (χ4v) is 3.11. The van der Waals surface area contributed by atoms with Crippen molar-refractivity contribution >= 4 is 6.03 Å². The van der Waals surface area contributed by atoms with Crippen molar-refractivity contribution in [2.45, 2.75) is 25.3 Å². The first-order valence-corrected chi connectivity index (χ1v) is 9.01. The number of carbonyl (C=O) groups is 1. The second-order valence-corrected chi connectivity index (χ2v) is 6.57. The van der Waals surface area contributed by atoms with E-state index < -0.39 is 0 Å². The van der Waals surface area contributed by atoms with E-state index in [0.717, 1.165) is 12.0 Å². The largest absolute Gasteiger partial charge is 0.493 e. The SMILES string of the molecule is COc1ccc(CCNC(=O)NC(c2ccccc2)C2CC2)cc1OC. The van der Waals surface area contributed by atoms with Gasteiger partial charge in [0.05, 0.1) is 20.3 Å². The van der Waals surface area contributed by atoms with Crippen LogP contribution in [0.4, 0.5) is 4.79 Å². The van der Waals surface area contributed by atoms with E-state index >= 15 is 0 Å². The smallest absolute Gasteiger partial charge is 0.315 e. The minimum absolute atomic E-state index is 0.0947. The number of methoxy groups -OCH3 is 2. The minimum Gasteiger partial charge on any atom is -0.493 e. The third kappa shape index (κ3) is 4.69. The van der Waals surface area contributed by atoms with E-state index in [2.05, 4.69) is 22.8 Å². The van der Waals surface area contributed by atoms with Crippen molar-refractivity contribution in [3.8, 4) is 11.5 Å². The van der Waals surface area contributed by atoms with Crippen LogP contribution in [0.15, 0.2) is 48.5 Å². The van der Waals surface area contributed by atoms with E-state index in [1.54, 1.807) is 14.2 Å². The van der Waals surface area contributed by atoms with Gasteiger partial charge in [0, 0.05) is 6.54 Å². The van der Waals surface area contributed by atoms with Gasteiger partial charge in [-0.15, -0.1) is 0 Å². The molecule has 0 saturated heterocycles. The first-order valence-electron chi connectivity index (χ1n) is 9.01. The summed E-state index contributed by atoms with van der Waals surface area (Å²) in [6.45, 7) is 0.563. The molecule has 1 aliphatic carbocycles. The molecule has 2 amide bonds. The normalized spacial score (nSPS) is 14.4. The Kier molecular flexibility index (Phi) is 6.00. The standard InChI is InChI=1S/C21H26N2O3/c1-25-18-11-8-15(14-19(18)26-2)12-13-22-21(24)23-20(17-9-10-17)16-6-4-3-5-7-16/h3-8,11,14,17,20H,9-10,12-13H2,1-2H3,(H2,22,23,24). The van der Waals surface area contributed by atoms with Gasteiger partial charge in [-0.3, -0.25) is 0 Å². The number of hydrogen-bond acceptors (Lipinski definition) is 3. The van der Waals surface area contributed by atoms with Crippen molar-refractivity contribution in [1.29, 1.82) is 0 Å². The quantitative estimate of drug-likeness (QED) is 0.760. The molecule has 1 aliphatic rings. The Bertz CT molecular complexity index is 729. The van der Waals surface area contributed by atoms with Gasteiger partial charge in [-0.2, -0.15) is 0 Å². The predicted octanol–water partition coefficient (Wildman–Crippen LogP) is 3.70. The number of hydrogen-bond donors (Lipinski definition) is 2. The van der Waals surface area contributed by atoms with Crippen LogP contribution in [-0.2, 0) is 6.42 Å². The Hall–Kier alpha value is -2.69. The summed E-state index contributed by atoms with van der Waals surface area (Å²) in [5.74, 6) is 1.96. The summed E-state index contributed by atoms with van der Waals surface area (Å²) in [6, 6.07) is 16.0. The molecule has 5 nitrogen and oxygen atoms in total. The second-order valence-electron chi connectivity index (χ2n) is 6.57. The highest BCUT2D eigenvalue weighted by Gasteiger charge is 2.33. The van der Waals surface area contributed by atoms with Crippen LogP contribution < -0.4 is 20.1 Å². The third-order valence-electron chi connectivity index (χ3n) is 4.69. The van der Waals surface area contributed by atoms with Crippen LogP contribution in [0.2, 0.25) is 0 Å². The molecule has 2 aromatic carbocycles. The van der Waals surface area contributed by atoms with E-state index in [1.165, 1.54) is 18.4 Å². The molecule has 0 bridgehead atoms. The van der Waals surface area contributed by atoms with E-state index in [1.807, 2.05) is 36.4 Å². The molecule has 0 aliphatic heterocycles. The molecule has 0 heterocycles. The Morgan fingerprint density at radius 1 is 1.08 bits per heavy atom. The van der Waals surface area contributed by atoms with Gasteiger partial charge in [-0.05, 0) is 48.4 Å². The van der Waals surface area contributed by atoms with E-state index in [0.29, 0.717) is 24.0 Å². The van der Waals surface area contributed by atoms with E-state index in [9.17, 15) is 4.79 Å². The molecule has 5 heteroatoms. The third-order valence-corrected chi connectivity index (χ3v) is 4.69. The van der Waals surface area contributed by atoms with Gasteiger partial charge in [-0.25, -0.2) is 4.79 Å². The maximum absolute atomic E-state index is 12.3. The summed E-state index contributed by atoms with van der Waals surface area (Å²) in [7, 11) is 3.24. The number of ether oxygens (including phenoxy) is 2. The molecule has 3 rings (SSSR count). The van der Waals surface area contributed by atoms with Crippen molar-refractivity contribution in [2.24, 2.45) is 5.92 Å². The van der Waals surface area contributed by atoms with Crippen LogP contribution >= 0.6 is 0 Å². The molecule has 1 saturated carbocycles. The van der Waals surface area contributed by atoms with Crippen LogP contribution in [0.3, 0.4) is 0 Å². The lowest BCUT2D eigenvalue weighted by Gasteiger charge is -2.19. The zero-order valence-electron chi connectivity index (χ0n) is 15.3. The molecule has 1 atom stereocenters. The highest BCUT2D eigenvalue weighted by molar-refractivity contribution is 5.74. The first-order chi connectivity index (χ1) is 12.7. The van der Waals surface area contributed by atoms with Gasteiger partial charge in [-0.1, -0.05) is 36.4 Å². The van der Waals surface area contributed by atoms with Gasteiger partial charge < -0.3 is 20.1 Å². The van der Waals surface area contributed by atoms with Crippen molar-refractivity contribution in [3.05, 3.63) is 59.7 Å². The zero-order chi connectivity index (χ0) is 18.4. The lowest BCUT2D eigenvalue weighted by Crippen LogP contribution is -2.39. The number of urea groups is 1. The number of nitrogens with one attached hydrogen (secondary N) is 2. The Labute approximate surface area is 154 Å². The first kappa shape index (κ1) is 18.1. The maximum atomic E-state index is 12.3. The monoisotopic (exact) mass is 354 g/mol. The average molecular weight is 354 g/mol. The van der Waals surface area contributed by atoms with E-state index in [-0.39, 0.29) is 12.1 Å². The van der Waals surface area contributed by atoms with Gasteiger partial charge >= 0.3 is 6.03 Å². The average Bonchev–Trinajstić information content (AvgIpc) is 3.51. The molecular formula is C21H26N2O3. The second kappa shape index (κ2) is 8.61. The molecule has 2 N–H and O–H groups in total. The Morgan fingerprint density at radius 2 is 1.81 bits per heavy atom. The van der Waals surface area contributed by atoms with Gasteiger partial charge in [0.1, 0.15) is 0 Å². The molecule has 0 radical (unpaired) electrons. The van der Waals surface area contributed by atoms with Crippen LogP contribution in [0, 0.1) is 5.92 Å². The molecule has 138 valence electrons. The molecular weight excluding hydrogens is 328 g/mol. The molecule has 2 aromatic rings. The molecule has 0 spiro atoms. The van der Waals surface area contributed by atoms with Crippen molar-refractivity contribution in [2.75, 3.05) is 20.8 Å². The number of carbonyl (C=O) groups excluding carboxylic acids is 1. The van der Waals surface area contributed by atoms with Gasteiger partial charge in [0.2, 0.25) is 0 Å².